The number of halogens is 4. The summed E-state index contributed by atoms with van der Waals surface area (Å²) < 4.78 is 46.6. The molecule has 3 rings (SSSR count). The smallest absolute Gasteiger partial charge is 0.416 e. The molecule has 0 saturated carbocycles. The zero-order chi connectivity index (χ0) is 23.5. The molecule has 2 aromatic heterocycles. The van der Waals surface area contributed by atoms with Gasteiger partial charge in [0.1, 0.15) is 0 Å². The Hall–Kier alpha value is -2.56. The number of nitrogens with one attached hydrogen (secondary N) is 1. The van der Waals surface area contributed by atoms with Crippen LogP contribution in [0.1, 0.15) is 27.2 Å². The first-order valence-corrected chi connectivity index (χ1v) is 10.9. The van der Waals surface area contributed by atoms with Crippen LogP contribution in [-0.4, -0.2) is 35.4 Å². The number of nitrogens with two attached hydrogens (primary N) is 1. The van der Waals surface area contributed by atoms with E-state index in [1.807, 2.05) is 0 Å². The number of alkyl halides is 3. The molecule has 11 heteroatoms. The minimum atomic E-state index is -4.44. The first-order valence-electron chi connectivity index (χ1n) is 9.67. The highest BCUT2D eigenvalue weighted by Gasteiger charge is 2.33. The summed E-state index contributed by atoms with van der Waals surface area (Å²) in [5.41, 5.74) is 6.50. The fourth-order valence-corrected chi connectivity index (χ4v) is 4.51. The molecular weight excluding hydrogens is 465 g/mol. The van der Waals surface area contributed by atoms with Gasteiger partial charge in [-0.25, -0.2) is 0 Å². The molecule has 172 valence electrons. The lowest BCUT2D eigenvalue weighted by molar-refractivity contribution is -0.138. The van der Waals surface area contributed by atoms with Gasteiger partial charge < -0.3 is 15.8 Å². The number of carbonyl (C=O) groups is 1. The first kappa shape index (κ1) is 24.1. The summed E-state index contributed by atoms with van der Waals surface area (Å²) in [6.45, 7) is 0.0862. The summed E-state index contributed by atoms with van der Waals surface area (Å²) in [4.78, 5) is 13.2. The summed E-state index contributed by atoms with van der Waals surface area (Å²) in [5.74, 6) is -0.391. The molecule has 0 aliphatic rings. The van der Waals surface area contributed by atoms with Crippen LogP contribution in [-0.2, 0) is 19.6 Å². The Bertz CT molecular complexity index is 1080. The Morgan fingerprint density at radius 3 is 2.69 bits per heavy atom. The fraction of sp³-hybridized carbons (Fsp3) is 0.333. The van der Waals surface area contributed by atoms with E-state index in [-0.39, 0.29) is 24.9 Å². The van der Waals surface area contributed by atoms with Crippen molar-refractivity contribution in [3.63, 3.8) is 0 Å². The van der Waals surface area contributed by atoms with Gasteiger partial charge in [0.2, 0.25) is 0 Å². The van der Waals surface area contributed by atoms with Crippen LogP contribution in [0, 0.1) is 0 Å². The lowest BCUT2D eigenvalue weighted by atomic mass is 9.99. The van der Waals surface area contributed by atoms with Crippen molar-refractivity contribution in [2.45, 2.75) is 25.1 Å². The number of nitrogens with zero attached hydrogens (tertiary/aromatic N) is 2. The number of aryl methyl sites for hydroxylation is 2. The van der Waals surface area contributed by atoms with Gasteiger partial charge in [-0.1, -0.05) is 41.1 Å². The zero-order valence-electron chi connectivity index (χ0n) is 17.4. The van der Waals surface area contributed by atoms with E-state index in [0.717, 1.165) is 17.4 Å². The van der Waals surface area contributed by atoms with Crippen molar-refractivity contribution in [2.75, 3.05) is 13.7 Å². The highest BCUT2D eigenvalue weighted by Crippen LogP contribution is 2.41. The zero-order valence-corrected chi connectivity index (χ0v) is 18.9. The molecule has 0 aliphatic heterocycles. The number of thiophene rings is 1. The molecular formula is C21H22ClF3N4O2S. The summed E-state index contributed by atoms with van der Waals surface area (Å²) >= 11 is 7.35. The normalized spacial score (nSPS) is 12.6. The minimum absolute atomic E-state index is 0.0862. The van der Waals surface area contributed by atoms with Crippen molar-refractivity contribution in [2.24, 2.45) is 12.8 Å². The van der Waals surface area contributed by atoms with E-state index < -0.39 is 23.7 Å². The molecule has 0 radical (unpaired) electrons. The SMILES string of the molecule is COc1sc(C(=O)N[C@H](CN)CCc2ccccc2C(F)(F)F)cc1-c1c(Cl)cnn1C. The Balaban J connectivity index is 1.74. The third kappa shape index (κ3) is 5.25. The predicted octanol–water partition coefficient (Wildman–Crippen LogP) is 4.52. The summed E-state index contributed by atoms with van der Waals surface area (Å²) in [6, 6.07) is 6.55. The Morgan fingerprint density at radius 1 is 1.38 bits per heavy atom. The minimum Gasteiger partial charge on any atom is -0.487 e. The van der Waals surface area contributed by atoms with Gasteiger partial charge in [0.15, 0.2) is 5.06 Å². The lowest BCUT2D eigenvalue weighted by Crippen LogP contribution is -2.40. The number of methoxy groups -OCH3 is 1. The molecule has 6 nitrogen and oxygen atoms in total. The van der Waals surface area contributed by atoms with Crippen molar-refractivity contribution in [1.82, 2.24) is 15.1 Å². The van der Waals surface area contributed by atoms with E-state index in [0.29, 0.717) is 26.2 Å². The number of rotatable bonds is 8. The monoisotopic (exact) mass is 486 g/mol. The molecule has 0 unspecified atom stereocenters. The third-order valence-electron chi connectivity index (χ3n) is 4.96. The molecule has 0 aliphatic carbocycles. The van der Waals surface area contributed by atoms with E-state index in [4.69, 9.17) is 22.1 Å². The van der Waals surface area contributed by atoms with E-state index in [9.17, 15) is 18.0 Å². The molecule has 0 fully saturated rings. The van der Waals surface area contributed by atoms with E-state index in [1.165, 1.54) is 25.4 Å². The average Bonchev–Trinajstić information content (AvgIpc) is 3.32. The molecule has 0 saturated heterocycles. The summed E-state index contributed by atoms with van der Waals surface area (Å²) in [6.07, 6.45) is -2.55. The number of hydrogen-bond acceptors (Lipinski definition) is 5. The van der Waals surface area contributed by atoms with Gasteiger partial charge in [0.05, 0.1) is 40.0 Å². The van der Waals surface area contributed by atoms with Crippen molar-refractivity contribution in [1.29, 1.82) is 0 Å². The molecule has 1 atom stereocenters. The summed E-state index contributed by atoms with van der Waals surface area (Å²) in [7, 11) is 3.21. The molecule has 0 spiro atoms. The molecule has 1 amide bonds. The van der Waals surface area contributed by atoms with Gasteiger partial charge in [-0.05, 0) is 30.5 Å². The standard InChI is InChI=1S/C21H22ClF3N4O2S/c1-29-18(16(22)11-27-29)14-9-17(32-20(14)31-2)19(30)28-13(10-26)8-7-12-5-3-4-6-15(12)21(23,24)25/h3-6,9,11,13H,7-8,10,26H2,1-2H3,(H,28,30)/t13-/m0/s1. The van der Waals surface area contributed by atoms with Gasteiger partial charge >= 0.3 is 6.18 Å². The molecule has 3 aromatic rings. The van der Waals surface area contributed by atoms with Crippen LogP contribution in [0.5, 0.6) is 5.06 Å². The first-order chi connectivity index (χ1) is 15.2. The second-order valence-corrected chi connectivity index (χ2v) is 8.50. The number of amides is 1. The van der Waals surface area contributed by atoms with Crippen molar-refractivity contribution < 1.29 is 22.7 Å². The molecule has 2 heterocycles. The Labute approximate surface area is 192 Å². The van der Waals surface area contributed by atoms with Crippen LogP contribution >= 0.6 is 22.9 Å². The quantitative estimate of drug-likeness (QED) is 0.490. The highest BCUT2D eigenvalue weighted by molar-refractivity contribution is 7.16. The van der Waals surface area contributed by atoms with Crippen LogP contribution in [0.25, 0.3) is 11.3 Å². The van der Waals surface area contributed by atoms with Gasteiger partial charge in [0.25, 0.3) is 5.91 Å². The molecule has 3 N–H and O–H groups in total. The van der Waals surface area contributed by atoms with Crippen molar-refractivity contribution >= 4 is 28.8 Å². The van der Waals surface area contributed by atoms with Gasteiger partial charge in [-0.15, -0.1) is 0 Å². The Morgan fingerprint density at radius 2 is 2.09 bits per heavy atom. The van der Waals surface area contributed by atoms with Gasteiger partial charge in [-0.2, -0.15) is 18.3 Å². The highest BCUT2D eigenvalue weighted by atomic mass is 35.5. The maximum absolute atomic E-state index is 13.2. The van der Waals surface area contributed by atoms with Gasteiger partial charge in [-0.3, -0.25) is 9.48 Å². The van der Waals surface area contributed by atoms with Crippen molar-refractivity contribution in [3.05, 3.63) is 57.6 Å². The van der Waals surface area contributed by atoms with Gasteiger partial charge in [0, 0.05) is 19.6 Å². The number of carbonyl (C=O) groups excluding carboxylic acids is 1. The molecule has 1 aromatic carbocycles. The molecule has 32 heavy (non-hydrogen) atoms. The predicted molar refractivity (Wildman–Crippen MR) is 118 cm³/mol. The second-order valence-electron chi connectivity index (χ2n) is 7.08. The van der Waals surface area contributed by atoms with E-state index >= 15 is 0 Å². The summed E-state index contributed by atoms with van der Waals surface area (Å²) in [5, 5.41) is 7.81. The van der Waals surface area contributed by atoms with E-state index in [1.54, 1.807) is 23.9 Å². The number of aromatic nitrogens is 2. The van der Waals surface area contributed by atoms with Crippen LogP contribution in [0.4, 0.5) is 13.2 Å². The Kier molecular flexibility index (Phi) is 7.47. The number of hydrogen-bond donors (Lipinski definition) is 2. The topological polar surface area (TPSA) is 82.2 Å². The maximum atomic E-state index is 13.2. The van der Waals surface area contributed by atoms with Crippen LogP contribution < -0.4 is 15.8 Å². The second kappa shape index (κ2) is 9.93. The maximum Gasteiger partial charge on any atom is 0.416 e. The number of ether oxygens (including phenoxy) is 1. The average molecular weight is 487 g/mol. The van der Waals surface area contributed by atoms with E-state index in [2.05, 4.69) is 10.4 Å². The molecule has 0 bridgehead atoms. The van der Waals surface area contributed by atoms with Crippen LogP contribution in [0.2, 0.25) is 5.02 Å². The van der Waals surface area contributed by atoms with Crippen LogP contribution in [0.15, 0.2) is 36.5 Å². The van der Waals surface area contributed by atoms with Crippen molar-refractivity contribution in [3.8, 4) is 16.3 Å². The largest absolute Gasteiger partial charge is 0.487 e. The van der Waals surface area contributed by atoms with Crippen LogP contribution in [0.3, 0.4) is 0 Å². The third-order valence-corrected chi connectivity index (χ3v) is 6.33. The number of benzene rings is 1. The fourth-order valence-electron chi connectivity index (χ4n) is 3.37. The lowest BCUT2D eigenvalue weighted by Gasteiger charge is -2.18.